The number of amides is 4. The average Bonchev–Trinajstić information content (AvgIpc) is 3.74. The van der Waals surface area contributed by atoms with E-state index in [1.54, 1.807) is 11.1 Å². The first-order chi connectivity index (χ1) is 29.6. The molecular weight excluding hydrogens is 805 g/mol. The fourth-order valence-corrected chi connectivity index (χ4v) is 9.33. The Hall–Kier alpha value is -4.28. The van der Waals surface area contributed by atoms with Crippen LogP contribution in [0.3, 0.4) is 0 Å². The van der Waals surface area contributed by atoms with Crippen LogP contribution in [0, 0.1) is 12.3 Å². The summed E-state index contributed by atoms with van der Waals surface area (Å²) in [7, 11) is 2.01. The number of hydrogen-bond donors (Lipinski definition) is 4. The first-order valence-corrected chi connectivity index (χ1v) is 23.6. The highest BCUT2D eigenvalue weighted by atomic mass is 32.2. The van der Waals surface area contributed by atoms with E-state index in [4.69, 9.17) is 5.73 Å². The number of likely N-dealkylation sites (tertiary alicyclic amines) is 1. The lowest BCUT2D eigenvalue weighted by atomic mass is 9.85. The molecule has 0 radical (unpaired) electrons. The molecule has 0 saturated carbocycles. The van der Waals surface area contributed by atoms with Gasteiger partial charge >= 0.3 is 0 Å². The predicted molar refractivity (Wildman–Crippen MR) is 246 cm³/mol. The van der Waals surface area contributed by atoms with Crippen LogP contribution in [0.2, 0.25) is 0 Å². The van der Waals surface area contributed by atoms with Crippen molar-refractivity contribution in [3.63, 3.8) is 0 Å². The quantitative estimate of drug-likeness (QED) is 0.0981. The first-order valence-electron chi connectivity index (χ1n) is 22.8. The van der Waals surface area contributed by atoms with Crippen LogP contribution in [-0.4, -0.2) is 132 Å². The molecule has 3 saturated heterocycles. The van der Waals surface area contributed by atoms with Crippen molar-refractivity contribution in [3.8, 4) is 0 Å². The van der Waals surface area contributed by atoms with Crippen molar-refractivity contribution in [1.82, 2.24) is 35.3 Å². The molecule has 0 aliphatic carbocycles. The van der Waals surface area contributed by atoms with Crippen LogP contribution in [-0.2, 0) is 24.0 Å². The van der Waals surface area contributed by atoms with Gasteiger partial charge in [-0.2, -0.15) is 0 Å². The molecule has 1 aromatic carbocycles. The lowest BCUT2D eigenvalue weighted by molar-refractivity contribution is -0.141. The molecule has 0 unspecified atom stereocenters. The Morgan fingerprint density at radius 3 is 2.29 bits per heavy atom. The van der Waals surface area contributed by atoms with Crippen LogP contribution >= 0.6 is 11.8 Å². The molecule has 3 aliphatic rings. The highest BCUT2D eigenvalue weighted by Gasteiger charge is 2.39. The number of aromatic nitrogens is 2. The molecule has 5 rings (SSSR count). The number of carbonyl (C=O) groups is 5. The van der Waals surface area contributed by atoms with Gasteiger partial charge in [0.15, 0.2) is 5.82 Å². The van der Waals surface area contributed by atoms with E-state index in [1.165, 1.54) is 11.8 Å². The van der Waals surface area contributed by atoms with E-state index in [1.807, 2.05) is 57.8 Å². The Morgan fingerprint density at radius 2 is 1.63 bits per heavy atom. The molecule has 15 nitrogen and oxygen atoms in total. The molecule has 62 heavy (non-hydrogen) atoms. The summed E-state index contributed by atoms with van der Waals surface area (Å²) in [4.78, 5) is 81.9. The number of carbonyl (C=O) groups excluding carboxylic acids is 5. The van der Waals surface area contributed by atoms with Gasteiger partial charge in [0.1, 0.15) is 23.2 Å². The lowest BCUT2D eigenvalue weighted by Crippen LogP contribution is -2.55. The van der Waals surface area contributed by atoms with Crippen molar-refractivity contribution in [2.75, 3.05) is 75.4 Å². The number of anilines is 3. The zero-order valence-corrected chi connectivity index (χ0v) is 38.9. The van der Waals surface area contributed by atoms with Gasteiger partial charge in [-0.3, -0.25) is 24.1 Å². The van der Waals surface area contributed by atoms with Crippen LogP contribution in [0.25, 0.3) is 0 Å². The van der Waals surface area contributed by atoms with Gasteiger partial charge < -0.3 is 41.2 Å². The molecule has 1 aromatic heterocycles. The number of nitrogen functional groups attached to an aromatic ring is 1. The van der Waals surface area contributed by atoms with E-state index >= 15 is 0 Å². The summed E-state index contributed by atoms with van der Waals surface area (Å²) >= 11 is 1.42. The molecule has 3 fully saturated rings. The minimum Gasteiger partial charge on any atom is -0.381 e. The van der Waals surface area contributed by atoms with Crippen molar-refractivity contribution in [2.45, 2.75) is 146 Å². The van der Waals surface area contributed by atoms with Crippen LogP contribution in [0.15, 0.2) is 34.3 Å². The van der Waals surface area contributed by atoms with E-state index < -0.39 is 17.5 Å². The molecule has 342 valence electrons. The molecule has 5 N–H and O–H groups in total. The Bertz CT molecular complexity index is 1840. The normalized spacial score (nSPS) is 18.7. The van der Waals surface area contributed by atoms with E-state index in [-0.39, 0.29) is 42.0 Å². The van der Waals surface area contributed by atoms with Gasteiger partial charge in [0.2, 0.25) is 23.6 Å². The Balaban J connectivity index is 0.927. The van der Waals surface area contributed by atoms with Crippen molar-refractivity contribution < 1.29 is 24.0 Å². The van der Waals surface area contributed by atoms with Gasteiger partial charge in [-0.05, 0) is 89.1 Å². The largest absolute Gasteiger partial charge is 0.381 e. The topological polar surface area (TPSA) is 186 Å². The molecule has 2 atom stereocenters. The minimum atomic E-state index is -0.652. The summed E-state index contributed by atoms with van der Waals surface area (Å²) < 4.78 is 0. The number of nitrogens with one attached hydrogen (secondary N) is 3. The van der Waals surface area contributed by atoms with Gasteiger partial charge in [0.25, 0.3) is 0 Å². The molecule has 2 aromatic rings. The zero-order chi connectivity index (χ0) is 44.9. The third kappa shape index (κ3) is 13.9. The standard InChI is InChI=1S/C46H72N10O5S/c1-33-35(16-13-17-36(33)62-43-42(47)51-37(31-49-43)54-25-21-46(5,48-6)22-26-54)50-39(59)19-20-40(60)55-29-27-53(28-30-55)23-12-10-8-7-9-11-18-38(58)52-41(45(2,3)4)44(61)56-24-14-15-34(56)32-57/h13,16-17,31-32,34,41,48H,7-12,14-15,18-30H2,1-6H3,(H2,47,51)(H,50,59)(H,52,58)/t34-,41+/m1/s1. The van der Waals surface area contributed by atoms with Crippen molar-refractivity contribution in [1.29, 1.82) is 0 Å². The number of aldehydes is 1. The van der Waals surface area contributed by atoms with E-state index in [0.29, 0.717) is 49.0 Å². The highest BCUT2D eigenvalue weighted by molar-refractivity contribution is 7.99. The minimum absolute atomic E-state index is 0.00580. The third-order valence-corrected chi connectivity index (χ3v) is 14.1. The monoisotopic (exact) mass is 877 g/mol. The van der Waals surface area contributed by atoms with Crippen LogP contribution in [0.4, 0.5) is 17.3 Å². The second-order valence-electron chi connectivity index (χ2n) is 18.6. The Morgan fingerprint density at radius 1 is 0.935 bits per heavy atom. The first kappa shape index (κ1) is 48.7. The van der Waals surface area contributed by atoms with Gasteiger partial charge in [-0.25, -0.2) is 9.97 Å². The molecule has 0 spiro atoms. The number of unbranched alkanes of at least 4 members (excludes halogenated alkanes) is 5. The Labute approximate surface area is 373 Å². The second-order valence-corrected chi connectivity index (χ2v) is 19.7. The number of nitrogens with zero attached hydrogens (tertiary/aromatic N) is 6. The highest BCUT2D eigenvalue weighted by Crippen LogP contribution is 2.36. The number of piperazine rings is 1. The summed E-state index contributed by atoms with van der Waals surface area (Å²) in [5.41, 5.74) is 7.66. The van der Waals surface area contributed by atoms with E-state index in [9.17, 15) is 24.0 Å². The second kappa shape index (κ2) is 22.9. The SMILES string of the molecule is CNC1(C)CCN(c2cnc(Sc3cccc(NC(=O)CCC(=O)N4CCN(CCCCCCCCC(=O)N[C@@H](C(=O)N5CCC[C@@H]5C=O)C(C)(C)C)CC4)c3C)c(N)n2)CC1. The number of nitrogens with two attached hydrogens (primary N) is 1. The summed E-state index contributed by atoms with van der Waals surface area (Å²) in [6.45, 7) is 16.3. The maximum absolute atomic E-state index is 13.3. The van der Waals surface area contributed by atoms with Crippen molar-refractivity contribution in [2.24, 2.45) is 5.41 Å². The summed E-state index contributed by atoms with van der Waals surface area (Å²) in [5, 5.41) is 10.0. The summed E-state index contributed by atoms with van der Waals surface area (Å²) in [6, 6.07) is 4.68. The smallest absolute Gasteiger partial charge is 0.246 e. The van der Waals surface area contributed by atoms with Gasteiger partial charge in [0, 0.05) is 81.2 Å². The van der Waals surface area contributed by atoms with Crippen molar-refractivity contribution in [3.05, 3.63) is 30.0 Å². The molecule has 16 heteroatoms. The maximum atomic E-state index is 13.3. The van der Waals surface area contributed by atoms with Gasteiger partial charge in [0.05, 0.1) is 12.2 Å². The Kier molecular flexibility index (Phi) is 18.0. The van der Waals surface area contributed by atoms with Crippen LogP contribution < -0.4 is 26.6 Å². The number of piperidine rings is 1. The van der Waals surface area contributed by atoms with E-state index in [0.717, 1.165) is 113 Å². The number of benzene rings is 1. The predicted octanol–water partition coefficient (Wildman–Crippen LogP) is 5.41. The molecule has 0 bridgehead atoms. The van der Waals surface area contributed by atoms with Crippen LogP contribution in [0.5, 0.6) is 0 Å². The van der Waals surface area contributed by atoms with Crippen LogP contribution in [0.1, 0.15) is 117 Å². The van der Waals surface area contributed by atoms with E-state index in [2.05, 4.69) is 42.6 Å². The lowest BCUT2D eigenvalue weighted by Gasteiger charge is -2.39. The maximum Gasteiger partial charge on any atom is 0.246 e. The number of rotatable bonds is 20. The molecule has 3 aliphatic heterocycles. The number of hydrogen-bond acceptors (Lipinski definition) is 12. The third-order valence-electron chi connectivity index (χ3n) is 12.9. The molecule has 4 amide bonds. The summed E-state index contributed by atoms with van der Waals surface area (Å²) in [5.74, 6) is 0.696. The average molecular weight is 877 g/mol. The fourth-order valence-electron chi connectivity index (χ4n) is 8.45. The summed E-state index contributed by atoms with van der Waals surface area (Å²) in [6.07, 6.45) is 12.9. The van der Waals surface area contributed by atoms with Gasteiger partial charge in [-0.1, -0.05) is 64.3 Å². The zero-order valence-electron chi connectivity index (χ0n) is 38.1. The molecule has 4 heterocycles. The van der Waals surface area contributed by atoms with Gasteiger partial charge in [-0.15, -0.1) is 0 Å². The molecular formula is C46H72N10O5S. The fraction of sp³-hybridized carbons (Fsp3) is 0.674. The van der Waals surface area contributed by atoms with Crippen molar-refractivity contribution >= 4 is 59.0 Å².